The normalized spacial score (nSPS) is 16.2. The maximum Gasteiger partial charge on any atom is 0.248 e. The van der Waals surface area contributed by atoms with E-state index in [0.717, 1.165) is 38.2 Å². The Morgan fingerprint density at radius 3 is 3.11 bits per heavy atom. The van der Waals surface area contributed by atoms with E-state index in [1.807, 2.05) is 29.2 Å². The lowest BCUT2D eigenvalue weighted by atomic mass is 10.2. The molecule has 0 atom stereocenters. The Balaban J connectivity index is 1.74. The second-order valence-electron chi connectivity index (χ2n) is 4.61. The first-order chi connectivity index (χ1) is 9.25. The van der Waals surface area contributed by atoms with E-state index in [1.54, 1.807) is 0 Å². The molecule has 1 aliphatic rings. The number of carbonyl (C=O) groups is 1. The Labute approximate surface area is 118 Å². The molecule has 1 aromatic rings. The monoisotopic (exact) mass is 282 g/mol. The van der Waals surface area contributed by atoms with Gasteiger partial charge in [-0.2, -0.15) is 0 Å². The summed E-state index contributed by atoms with van der Waals surface area (Å²) in [6, 6.07) is 7.48. The minimum Gasteiger partial charge on any atom is -0.367 e. The Bertz CT molecular complexity index is 418. The van der Waals surface area contributed by atoms with Gasteiger partial charge in [-0.15, -0.1) is 0 Å². The summed E-state index contributed by atoms with van der Waals surface area (Å²) in [5.74, 6) is 0.0609. The van der Waals surface area contributed by atoms with Crippen LogP contribution in [0.25, 0.3) is 0 Å². The van der Waals surface area contributed by atoms with Crippen molar-refractivity contribution in [3.8, 4) is 0 Å². The Kier molecular flexibility index (Phi) is 5.63. The van der Waals surface area contributed by atoms with E-state index in [-0.39, 0.29) is 12.5 Å². The number of halogens is 1. The molecule has 2 rings (SSSR count). The number of carbonyl (C=O) groups excluding carboxylic acids is 1. The number of benzene rings is 1. The number of nitrogens with zero attached hydrogens (tertiary/aromatic N) is 1. The van der Waals surface area contributed by atoms with Crippen molar-refractivity contribution in [2.45, 2.75) is 13.0 Å². The summed E-state index contributed by atoms with van der Waals surface area (Å²) >= 11 is 5.89. The van der Waals surface area contributed by atoms with Crippen LogP contribution in [-0.4, -0.2) is 43.6 Å². The van der Waals surface area contributed by atoms with Gasteiger partial charge in [0.2, 0.25) is 5.91 Å². The summed E-state index contributed by atoms with van der Waals surface area (Å²) in [5, 5.41) is 3.96. The van der Waals surface area contributed by atoms with Gasteiger partial charge in [-0.05, 0) is 30.7 Å². The Morgan fingerprint density at radius 2 is 2.26 bits per heavy atom. The molecular formula is C14H19ClN2O2. The van der Waals surface area contributed by atoms with Crippen LogP contribution in [0.2, 0.25) is 5.02 Å². The molecule has 0 radical (unpaired) electrons. The summed E-state index contributed by atoms with van der Waals surface area (Å²) in [6.45, 7) is 3.96. The summed E-state index contributed by atoms with van der Waals surface area (Å²) in [4.78, 5) is 13.8. The zero-order valence-corrected chi connectivity index (χ0v) is 11.7. The summed E-state index contributed by atoms with van der Waals surface area (Å²) in [7, 11) is 0. The number of hydrogen-bond acceptors (Lipinski definition) is 3. The molecule has 1 N–H and O–H groups in total. The predicted molar refractivity (Wildman–Crippen MR) is 75.2 cm³/mol. The van der Waals surface area contributed by atoms with Gasteiger partial charge in [-0.1, -0.05) is 23.7 Å². The lowest BCUT2D eigenvalue weighted by Gasteiger charge is -2.19. The van der Waals surface area contributed by atoms with Gasteiger partial charge < -0.3 is 15.0 Å². The molecule has 104 valence electrons. The molecule has 1 aromatic carbocycles. The van der Waals surface area contributed by atoms with E-state index in [0.29, 0.717) is 11.6 Å². The van der Waals surface area contributed by atoms with Gasteiger partial charge in [0.1, 0.15) is 6.61 Å². The van der Waals surface area contributed by atoms with Gasteiger partial charge in [0.05, 0.1) is 6.61 Å². The fourth-order valence-electron chi connectivity index (χ4n) is 2.07. The average molecular weight is 283 g/mol. The lowest BCUT2D eigenvalue weighted by molar-refractivity contribution is -0.136. The molecule has 4 nitrogen and oxygen atoms in total. The number of amides is 1. The van der Waals surface area contributed by atoms with Gasteiger partial charge in [0.15, 0.2) is 0 Å². The number of ether oxygens (including phenoxy) is 1. The largest absolute Gasteiger partial charge is 0.367 e. The molecule has 1 heterocycles. The second kappa shape index (κ2) is 7.48. The van der Waals surface area contributed by atoms with Crippen LogP contribution >= 0.6 is 11.6 Å². The van der Waals surface area contributed by atoms with Crippen molar-refractivity contribution in [1.82, 2.24) is 10.2 Å². The maximum atomic E-state index is 12.0. The Hall–Kier alpha value is -1.10. The summed E-state index contributed by atoms with van der Waals surface area (Å²) in [6.07, 6.45) is 1.00. The molecule has 0 spiro atoms. The van der Waals surface area contributed by atoms with Crippen molar-refractivity contribution < 1.29 is 9.53 Å². The Morgan fingerprint density at radius 1 is 1.37 bits per heavy atom. The number of nitrogens with one attached hydrogen (secondary N) is 1. The third kappa shape index (κ3) is 4.82. The van der Waals surface area contributed by atoms with Gasteiger partial charge in [-0.3, -0.25) is 4.79 Å². The van der Waals surface area contributed by atoms with Crippen molar-refractivity contribution in [2.75, 3.05) is 32.8 Å². The van der Waals surface area contributed by atoms with Gasteiger partial charge >= 0.3 is 0 Å². The number of rotatable bonds is 4. The van der Waals surface area contributed by atoms with Crippen LogP contribution in [0.1, 0.15) is 12.0 Å². The average Bonchev–Trinajstić information content (AvgIpc) is 2.67. The molecule has 5 heteroatoms. The summed E-state index contributed by atoms with van der Waals surface area (Å²) < 4.78 is 5.46. The minimum atomic E-state index is 0.0609. The summed E-state index contributed by atoms with van der Waals surface area (Å²) in [5.41, 5.74) is 0.984. The fourth-order valence-corrected chi connectivity index (χ4v) is 2.28. The van der Waals surface area contributed by atoms with Crippen LogP contribution in [0.4, 0.5) is 0 Å². The van der Waals surface area contributed by atoms with Gasteiger partial charge in [0, 0.05) is 24.7 Å². The molecule has 1 fully saturated rings. The van der Waals surface area contributed by atoms with Crippen LogP contribution in [0.3, 0.4) is 0 Å². The topological polar surface area (TPSA) is 41.6 Å². The van der Waals surface area contributed by atoms with Crippen LogP contribution in [0.15, 0.2) is 24.3 Å². The van der Waals surface area contributed by atoms with Crippen LogP contribution in [-0.2, 0) is 16.1 Å². The highest BCUT2D eigenvalue weighted by molar-refractivity contribution is 6.30. The zero-order chi connectivity index (χ0) is 13.5. The van der Waals surface area contributed by atoms with Crippen LogP contribution < -0.4 is 5.32 Å². The molecule has 0 bridgehead atoms. The molecule has 1 saturated heterocycles. The molecule has 0 aliphatic carbocycles. The van der Waals surface area contributed by atoms with E-state index in [4.69, 9.17) is 16.3 Å². The molecule has 0 aromatic heterocycles. The van der Waals surface area contributed by atoms with Crippen LogP contribution in [0, 0.1) is 0 Å². The predicted octanol–water partition coefficient (Wildman–Crippen LogP) is 1.68. The second-order valence-corrected chi connectivity index (χ2v) is 5.04. The first-order valence-electron chi connectivity index (χ1n) is 6.56. The third-order valence-electron chi connectivity index (χ3n) is 3.08. The first-order valence-corrected chi connectivity index (χ1v) is 6.94. The standard InChI is InChI=1S/C14H19ClN2O2/c15-13-4-1-3-12(9-13)10-19-11-14(18)17-7-2-5-16-6-8-17/h1,3-4,9,16H,2,5-8,10-11H2. The highest BCUT2D eigenvalue weighted by atomic mass is 35.5. The van der Waals surface area contributed by atoms with Crippen molar-refractivity contribution in [3.05, 3.63) is 34.9 Å². The van der Waals surface area contributed by atoms with Gasteiger partial charge in [-0.25, -0.2) is 0 Å². The van der Waals surface area contributed by atoms with E-state index in [1.165, 1.54) is 0 Å². The number of hydrogen-bond donors (Lipinski definition) is 1. The van der Waals surface area contributed by atoms with E-state index in [2.05, 4.69) is 5.32 Å². The smallest absolute Gasteiger partial charge is 0.248 e. The SMILES string of the molecule is O=C(COCc1cccc(Cl)c1)N1CCCNCC1. The molecule has 0 saturated carbocycles. The third-order valence-corrected chi connectivity index (χ3v) is 3.31. The molecule has 1 amide bonds. The van der Waals surface area contributed by atoms with Gasteiger partial charge in [0.25, 0.3) is 0 Å². The van der Waals surface area contributed by atoms with Crippen molar-refractivity contribution >= 4 is 17.5 Å². The van der Waals surface area contributed by atoms with E-state index >= 15 is 0 Å². The quantitative estimate of drug-likeness (QED) is 0.914. The van der Waals surface area contributed by atoms with E-state index in [9.17, 15) is 4.79 Å². The highest BCUT2D eigenvalue weighted by Crippen LogP contribution is 2.11. The lowest BCUT2D eigenvalue weighted by Crippen LogP contribution is -2.36. The van der Waals surface area contributed by atoms with Crippen molar-refractivity contribution in [1.29, 1.82) is 0 Å². The maximum absolute atomic E-state index is 12.0. The fraction of sp³-hybridized carbons (Fsp3) is 0.500. The van der Waals surface area contributed by atoms with Crippen molar-refractivity contribution in [3.63, 3.8) is 0 Å². The highest BCUT2D eigenvalue weighted by Gasteiger charge is 2.14. The molecule has 1 aliphatic heterocycles. The van der Waals surface area contributed by atoms with Crippen molar-refractivity contribution in [2.24, 2.45) is 0 Å². The van der Waals surface area contributed by atoms with Crippen LogP contribution in [0.5, 0.6) is 0 Å². The molecule has 19 heavy (non-hydrogen) atoms. The first kappa shape index (κ1) is 14.3. The minimum absolute atomic E-state index is 0.0609. The molecular weight excluding hydrogens is 264 g/mol. The van der Waals surface area contributed by atoms with E-state index < -0.39 is 0 Å². The zero-order valence-electron chi connectivity index (χ0n) is 10.9. The molecule has 0 unspecified atom stereocenters.